The van der Waals surface area contributed by atoms with Gasteiger partial charge < -0.3 is 5.11 Å². The van der Waals surface area contributed by atoms with Crippen LogP contribution in [0.2, 0.25) is 0 Å². The Balaban J connectivity index is 2.58. The molecule has 84 valence electrons. The van der Waals surface area contributed by atoms with Crippen LogP contribution >= 0.6 is 0 Å². The van der Waals surface area contributed by atoms with Crippen LogP contribution in [0.1, 0.15) is 37.0 Å². The molecule has 0 aromatic heterocycles. The van der Waals surface area contributed by atoms with E-state index in [1.807, 2.05) is 12.1 Å². The van der Waals surface area contributed by atoms with Crippen LogP contribution in [0.4, 0.5) is 0 Å². The van der Waals surface area contributed by atoms with Crippen LogP contribution in [0.5, 0.6) is 0 Å². The minimum Gasteiger partial charge on any atom is -0.388 e. The smallest absolute Gasteiger partial charge is 0.0796 e. The first-order valence-electron chi connectivity index (χ1n) is 5.90. The zero-order valence-electron chi connectivity index (χ0n) is 9.90. The molecule has 0 saturated heterocycles. The molecule has 0 fully saturated rings. The highest BCUT2D eigenvalue weighted by molar-refractivity contribution is 5.88. The number of rotatable bonds is 3. The second-order valence-electron chi connectivity index (χ2n) is 4.32. The first-order chi connectivity index (χ1) is 7.74. The Hall–Kier alpha value is -1.34. The van der Waals surface area contributed by atoms with Crippen molar-refractivity contribution < 1.29 is 5.11 Å². The SMILES string of the molecule is CCCC(O)c1ccc(C)c2ccccc12. The lowest BCUT2D eigenvalue weighted by atomic mass is 9.95. The number of fused-ring (bicyclic) bond motifs is 1. The molecule has 0 saturated carbocycles. The molecular formula is C15H18O. The Labute approximate surface area is 96.7 Å². The normalized spacial score (nSPS) is 12.9. The molecule has 16 heavy (non-hydrogen) atoms. The Morgan fingerprint density at radius 2 is 1.75 bits per heavy atom. The summed E-state index contributed by atoms with van der Waals surface area (Å²) in [5.41, 5.74) is 2.33. The summed E-state index contributed by atoms with van der Waals surface area (Å²) in [6, 6.07) is 12.4. The second-order valence-corrected chi connectivity index (χ2v) is 4.32. The fourth-order valence-corrected chi connectivity index (χ4v) is 2.19. The molecule has 0 heterocycles. The first-order valence-corrected chi connectivity index (χ1v) is 5.90. The minimum atomic E-state index is -0.338. The molecule has 2 aromatic carbocycles. The van der Waals surface area contributed by atoms with Crippen molar-refractivity contribution in [3.63, 3.8) is 0 Å². The molecule has 0 aliphatic carbocycles. The summed E-state index contributed by atoms with van der Waals surface area (Å²) in [4.78, 5) is 0. The van der Waals surface area contributed by atoms with Crippen molar-refractivity contribution in [2.24, 2.45) is 0 Å². The molecule has 1 nitrogen and oxygen atoms in total. The summed E-state index contributed by atoms with van der Waals surface area (Å²) in [6.45, 7) is 4.21. The van der Waals surface area contributed by atoms with Gasteiger partial charge in [-0.25, -0.2) is 0 Å². The van der Waals surface area contributed by atoms with Crippen molar-refractivity contribution >= 4 is 10.8 Å². The highest BCUT2D eigenvalue weighted by atomic mass is 16.3. The number of hydrogen-bond acceptors (Lipinski definition) is 1. The van der Waals surface area contributed by atoms with E-state index in [1.165, 1.54) is 16.3 Å². The van der Waals surface area contributed by atoms with Crippen molar-refractivity contribution in [3.05, 3.63) is 47.5 Å². The number of aliphatic hydroxyl groups excluding tert-OH is 1. The molecule has 0 aliphatic rings. The lowest BCUT2D eigenvalue weighted by Crippen LogP contribution is -1.98. The molecule has 1 heteroatoms. The molecule has 1 unspecified atom stereocenters. The molecule has 2 aromatic rings. The van der Waals surface area contributed by atoms with Crippen LogP contribution < -0.4 is 0 Å². The highest BCUT2D eigenvalue weighted by Gasteiger charge is 2.10. The highest BCUT2D eigenvalue weighted by Crippen LogP contribution is 2.28. The van der Waals surface area contributed by atoms with Crippen molar-refractivity contribution in [2.75, 3.05) is 0 Å². The van der Waals surface area contributed by atoms with Crippen molar-refractivity contribution in [1.82, 2.24) is 0 Å². The average Bonchev–Trinajstić information content (AvgIpc) is 2.30. The third kappa shape index (κ3) is 1.96. The molecule has 0 radical (unpaired) electrons. The molecule has 0 spiro atoms. The fourth-order valence-electron chi connectivity index (χ4n) is 2.19. The van der Waals surface area contributed by atoms with Gasteiger partial charge in [-0.3, -0.25) is 0 Å². The maximum atomic E-state index is 10.1. The molecule has 0 amide bonds. The minimum absolute atomic E-state index is 0.338. The Bertz CT molecular complexity index is 488. The largest absolute Gasteiger partial charge is 0.388 e. The lowest BCUT2D eigenvalue weighted by molar-refractivity contribution is 0.168. The van der Waals surface area contributed by atoms with E-state index in [1.54, 1.807) is 0 Å². The van der Waals surface area contributed by atoms with Crippen LogP contribution in [-0.4, -0.2) is 5.11 Å². The summed E-state index contributed by atoms with van der Waals surface area (Å²) in [6.07, 6.45) is 1.49. The van der Waals surface area contributed by atoms with Crippen molar-refractivity contribution in [3.8, 4) is 0 Å². The van der Waals surface area contributed by atoms with Gasteiger partial charge in [0, 0.05) is 0 Å². The topological polar surface area (TPSA) is 20.2 Å². The summed E-state index contributed by atoms with van der Waals surface area (Å²) in [5, 5.41) is 12.5. The zero-order chi connectivity index (χ0) is 11.5. The maximum Gasteiger partial charge on any atom is 0.0796 e. The number of hydrogen-bond donors (Lipinski definition) is 1. The van der Waals surface area contributed by atoms with E-state index in [4.69, 9.17) is 0 Å². The van der Waals surface area contributed by atoms with Gasteiger partial charge in [0.25, 0.3) is 0 Å². The average molecular weight is 214 g/mol. The van der Waals surface area contributed by atoms with Gasteiger partial charge in [0.1, 0.15) is 0 Å². The molecule has 1 atom stereocenters. The van der Waals surface area contributed by atoms with E-state index in [9.17, 15) is 5.11 Å². The monoisotopic (exact) mass is 214 g/mol. The summed E-state index contributed by atoms with van der Waals surface area (Å²) in [7, 11) is 0. The Morgan fingerprint density at radius 1 is 1.06 bits per heavy atom. The van der Waals surface area contributed by atoms with E-state index in [-0.39, 0.29) is 6.10 Å². The third-order valence-corrected chi connectivity index (χ3v) is 3.10. The molecule has 2 rings (SSSR count). The van der Waals surface area contributed by atoms with E-state index in [0.29, 0.717) is 0 Å². The quantitative estimate of drug-likeness (QED) is 0.819. The van der Waals surface area contributed by atoms with Gasteiger partial charge in [0.05, 0.1) is 6.10 Å². The Kier molecular flexibility index (Phi) is 3.25. The second kappa shape index (κ2) is 4.67. The number of aryl methyl sites for hydroxylation is 1. The first kappa shape index (κ1) is 11.2. The van der Waals surface area contributed by atoms with Gasteiger partial charge in [0.15, 0.2) is 0 Å². The van der Waals surface area contributed by atoms with E-state index < -0.39 is 0 Å². The van der Waals surface area contributed by atoms with Gasteiger partial charge in [-0.05, 0) is 35.2 Å². The van der Waals surface area contributed by atoms with Crippen molar-refractivity contribution in [1.29, 1.82) is 0 Å². The lowest BCUT2D eigenvalue weighted by Gasteiger charge is -2.14. The number of aliphatic hydroxyl groups is 1. The summed E-state index contributed by atoms with van der Waals surface area (Å²) < 4.78 is 0. The van der Waals surface area contributed by atoms with Gasteiger partial charge in [0.2, 0.25) is 0 Å². The van der Waals surface area contributed by atoms with Crippen LogP contribution in [0.3, 0.4) is 0 Å². The standard InChI is InChI=1S/C15H18O/c1-3-6-15(16)14-10-9-11(2)12-7-4-5-8-13(12)14/h4-5,7-10,15-16H,3,6H2,1-2H3. The molecule has 1 N–H and O–H groups in total. The Morgan fingerprint density at radius 3 is 2.44 bits per heavy atom. The molecule has 0 bridgehead atoms. The van der Waals surface area contributed by atoms with Crippen LogP contribution in [-0.2, 0) is 0 Å². The van der Waals surface area contributed by atoms with Gasteiger partial charge in [-0.2, -0.15) is 0 Å². The van der Waals surface area contributed by atoms with E-state index in [0.717, 1.165) is 18.4 Å². The molecule has 0 aliphatic heterocycles. The summed E-state index contributed by atoms with van der Waals surface area (Å²) >= 11 is 0. The van der Waals surface area contributed by atoms with Crippen LogP contribution in [0.25, 0.3) is 10.8 Å². The van der Waals surface area contributed by atoms with Crippen LogP contribution in [0.15, 0.2) is 36.4 Å². The van der Waals surface area contributed by atoms with Gasteiger partial charge >= 0.3 is 0 Å². The maximum absolute atomic E-state index is 10.1. The van der Waals surface area contributed by atoms with Gasteiger partial charge in [-0.15, -0.1) is 0 Å². The third-order valence-electron chi connectivity index (χ3n) is 3.10. The predicted molar refractivity (Wildman–Crippen MR) is 68.6 cm³/mol. The summed E-state index contributed by atoms with van der Waals surface area (Å²) in [5.74, 6) is 0. The van der Waals surface area contributed by atoms with Gasteiger partial charge in [-0.1, -0.05) is 49.7 Å². The van der Waals surface area contributed by atoms with Crippen LogP contribution in [0, 0.1) is 6.92 Å². The number of benzene rings is 2. The predicted octanol–water partition coefficient (Wildman–Crippen LogP) is 3.98. The van der Waals surface area contributed by atoms with Crippen molar-refractivity contribution in [2.45, 2.75) is 32.8 Å². The molecular weight excluding hydrogens is 196 g/mol. The zero-order valence-corrected chi connectivity index (χ0v) is 9.90. The fraction of sp³-hybridized carbons (Fsp3) is 0.333. The van der Waals surface area contributed by atoms with E-state index >= 15 is 0 Å². The van der Waals surface area contributed by atoms with E-state index in [2.05, 4.69) is 38.1 Å².